The zero-order chi connectivity index (χ0) is 38.0. The molecule has 2 aliphatic heterocycles. The molecule has 2 saturated heterocycles. The molecule has 3 fully saturated rings. The molecule has 1 saturated carbocycles. The summed E-state index contributed by atoms with van der Waals surface area (Å²) in [5.74, 6) is -2.36. The summed E-state index contributed by atoms with van der Waals surface area (Å²) in [7, 11) is 0. The zero-order valence-corrected chi connectivity index (χ0v) is 31.2. The fourth-order valence-electron chi connectivity index (χ4n) is 8.21. The number of hydrogen-bond donors (Lipinski definition) is 1. The first-order valence-corrected chi connectivity index (χ1v) is 19.4. The van der Waals surface area contributed by atoms with Gasteiger partial charge in [0.25, 0.3) is 0 Å². The Bertz CT molecular complexity index is 1720. The van der Waals surface area contributed by atoms with Gasteiger partial charge in [0.15, 0.2) is 17.9 Å². The van der Waals surface area contributed by atoms with Crippen LogP contribution in [0, 0.1) is 29.4 Å². The number of benzene rings is 3. The highest BCUT2D eigenvalue weighted by molar-refractivity contribution is 5.89. The maximum absolute atomic E-state index is 14.6. The average Bonchev–Trinajstić information content (AvgIpc) is 3.39. The highest BCUT2D eigenvalue weighted by Gasteiger charge is 2.45. The number of carboxylic acids is 1. The maximum Gasteiger partial charge on any atom is 0.335 e. The normalized spacial score (nSPS) is 24.9. The van der Waals surface area contributed by atoms with E-state index in [2.05, 4.69) is 6.08 Å². The Hall–Kier alpha value is -4.12. The Kier molecular flexibility index (Phi) is 13.9. The number of aromatic carboxylic acids is 1. The molecule has 290 valence electrons. The van der Waals surface area contributed by atoms with Crippen molar-refractivity contribution in [3.8, 4) is 16.9 Å². The number of rotatable bonds is 15. The topological polar surface area (TPSA) is 101 Å². The van der Waals surface area contributed by atoms with E-state index in [4.69, 9.17) is 23.7 Å². The van der Waals surface area contributed by atoms with E-state index < -0.39 is 30.0 Å². The molecule has 0 bridgehead atoms. The van der Waals surface area contributed by atoms with Gasteiger partial charge in [0.05, 0.1) is 17.8 Å². The first kappa shape index (κ1) is 39.6. The Morgan fingerprint density at radius 2 is 1.81 bits per heavy atom. The van der Waals surface area contributed by atoms with Crippen molar-refractivity contribution in [2.75, 3.05) is 19.8 Å². The predicted molar refractivity (Wildman–Crippen MR) is 200 cm³/mol. The van der Waals surface area contributed by atoms with Crippen LogP contribution < -0.4 is 4.74 Å². The molecule has 1 N–H and O–H groups in total. The summed E-state index contributed by atoms with van der Waals surface area (Å²) >= 11 is 0. The third-order valence-electron chi connectivity index (χ3n) is 10.8. The molecule has 7 atom stereocenters. The number of halogens is 2. The van der Waals surface area contributed by atoms with Crippen molar-refractivity contribution in [3.05, 3.63) is 102 Å². The minimum Gasteiger partial charge on any atom is -0.487 e. The van der Waals surface area contributed by atoms with Crippen LogP contribution >= 0.6 is 0 Å². The first-order chi connectivity index (χ1) is 26.1. The van der Waals surface area contributed by atoms with Crippen LogP contribution in [0.25, 0.3) is 11.1 Å². The van der Waals surface area contributed by atoms with E-state index in [9.17, 15) is 23.5 Å². The van der Waals surface area contributed by atoms with Gasteiger partial charge in [0.1, 0.15) is 18.5 Å². The van der Waals surface area contributed by atoms with E-state index >= 15 is 0 Å². The zero-order valence-electron chi connectivity index (χ0n) is 31.2. The van der Waals surface area contributed by atoms with Crippen molar-refractivity contribution in [2.45, 2.75) is 102 Å². The summed E-state index contributed by atoms with van der Waals surface area (Å²) in [6.07, 6.45) is 9.87. The van der Waals surface area contributed by atoms with Gasteiger partial charge < -0.3 is 28.8 Å². The lowest BCUT2D eigenvalue weighted by molar-refractivity contribution is -0.183. The summed E-state index contributed by atoms with van der Waals surface area (Å²) < 4.78 is 58.7. The average molecular weight is 747 g/mol. The predicted octanol–water partition coefficient (Wildman–Crippen LogP) is 9.51. The largest absolute Gasteiger partial charge is 0.487 e. The Morgan fingerprint density at radius 1 is 0.981 bits per heavy atom. The lowest BCUT2D eigenvalue weighted by Gasteiger charge is -2.28. The second kappa shape index (κ2) is 19.0. The third-order valence-corrected chi connectivity index (χ3v) is 10.8. The molecule has 6 rings (SSSR count). The minimum absolute atomic E-state index is 0.0643. The van der Waals surface area contributed by atoms with E-state index in [1.54, 1.807) is 12.1 Å². The van der Waals surface area contributed by atoms with Crippen molar-refractivity contribution in [1.29, 1.82) is 0 Å². The highest BCUT2D eigenvalue weighted by Crippen LogP contribution is 2.51. The molecule has 0 amide bonds. The van der Waals surface area contributed by atoms with E-state index in [0.717, 1.165) is 73.4 Å². The molecule has 1 aliphatic carbocycles. The smallest absolute Gasteiger partial charge is 0.335 e. The molecule has 0 spiro atoms. The van der Waals surface area contributed by atoms with Crippen molar-refractivity contribution in [1.82, 2.24) is 0 Å². The number of carbonyl (C=O) groups is 2. The van der Waals surface area contributed by atoms with Gasteiger partial charge in [-0.3, -0.25) is 4.79 Å². The molecule has 1 unspecified atom stereocenters. The van der Waals surface area contributed by atoms with Gasteiger partial charge >= 0.3 is 11.9 Å². The van der Waals surface area contributed by atoms with Gasteiger partial charge in [-0.25, -0.2) is 13.6 Å². The summed E-state index contributed by atoms with van der Waals surface area (Å²) in [4.78, 5) is 24.5. The molecular weight excluding hydrogens is 694 g/mol. The maximum atomic E-state index is 14.6. The van der Waals surface area contributed by atoms with Gasteiger partial charge in [0.2, 0.25) is 0 Å². The van der Waals surface area contributed by atoms with Crippen LogP contribution in [0.1, 0.15) is 93.5 Å². The van der Waals surface area contributed by atoms with Gasteiger partial charge in [-0.2, -0.15) is 0 Å². The number of allylic oxidation sites excluding steroid dienone is 1. The van der Waals surface area contributed by atoms with E-state index in [1.807, 2.05) is 56.3 Å². The van der Waals surface area contributed by atoms with Crippen LogP contribution in [0.3, 0.4) is 0 Å². The number of esters is 1. The summed E-state index contributed by atoms with van der Waals surface area (Å²) in [5.41, 5.74) is 3.13. The van der Waals surface area contributed by atoms with Gasteiger partial charge in [0, 0.05) is 25.7 Å². The number of fused-ring (bicyclic) bond motifs is 1. The molecule has 3 aliphatic rings. The fourth-order valence-corrected chi connectivity index (χ4v) is 8.21. The number of carbonyl (C=O) groups excluding carboxylic acids is 1. The van der Waals surface area contributed by atoms with Crippen molar-refractivity contribution in [2.24, 2.45) is 17.8 Å². The van der Waals surface area contributed by atoms with Crippen molar-refractivity contribution in [3.63, 3.8) is 0 Å². The van der Waals surface area contributed by atoms with Crippen LogP contribution in [0.5, 0.6) is 5.75 Å². The van der Waals surface area contributed by atoms with Crippen LogP contribution in [0.2, 0.25) is 0 Å². The van der Waals surface area contributed by atoms with Crippen molar-refractivity contribution < 1.29 is 47.2 Å². The van der Waals surface area contributed by atoms with Gasteiger partial charge in [-0.1, -0.05) is 48.6 Å². The molecular formula is C44H52F2O8. The molecule has 0 aromatic heterocycles. The van der Waals surface area contributed by atoms with E-state index in [-0.39, 0.29) is 53.9 Å². The van der Waals surface area contributed by atoms with Gasteiger partial charge in [-0.05, 0) is 130 Å². The summed E-state index contributed by atoms with van der Waals surface area (Å²) in [6, 6.07) is 18.4. The van der Waals surface area contributed by atoms with E-state index in [1.165, 1.54) is 0 Å². The fraction of sp³-hybridized carbons (Fsp3) is 0.500. The second-order valence-electron chi connectivity index (χ2n) is 15.0. The van der Waals surface area contributed by atoms with E-state index in [0.29, 0.717) is 38.4 Å². The quantitative estimate of drug-likeness (QED) is 0.121. The lowest BCUT2D eigenvalue weighted by atomic mass is 9.78. The molecule has 10 heteroatoms. The van der Waals surface area contributed by atoms with Crippen LogP contribution in [-0.2, 0) is 23.7 Å². The minimum atomic E-state index is -0.991. The lowest BCUT2D eigenvalue weighted by Crippen LogP contribution is -2.31. The number of ether oxygens (including phenoxy) is 5. The SMILES string of the molecule is CC(C)OC(=O)CCC[C@H]1CC[C@@H]2[C@H](/C=C/[C@H](COc3cc(F)ccc3F)OC3CCCCO3)[C@H](c3cc(C(=O)O)ccc3-c3ccccc3)C[C@@H]2OC1. The molecule has 54 heavy (non-hydrogen) atoms. The Balaban J connectivity index is 1.29. The monoisotopic (exact) mass is 746 g/mol. The number of carboxylic acid groups (broad SMARTS) is 1. The molecule has 8 nitrogen and oxygen atoms in total. The third kappa shape index (κ3) is 10.5. The standard InChI is InChI=1S/C44H52F2O8/c1-28(2)53-42(47)12-8-9-29-14-18-36-35(20-17-33(54-43-13-6-7-22-50-43)27-52-41-24-32(45)16-21-39(41)46)38(25-40(36)51-26-29)37-23-31(44(48)49)15-19-34(37)30-10-4-3-5-11-30/h3-5,10-11,15-17,19-21,23-24,28-29,33,35-36,38,40,43H,6-9,12-14,18,22,25-27H2,1-2H3,(H,48,49)/b20-17+/t29-,33+,35-,36+,38+,40-,43?/m0/s1. The highest BCUT2D eigenvalue weighted by atomic mass is 19.1. The second-order valence-corrected chi connectivity index (χ2v) is 15.0. The van der Waals surface area contributed by atoms with Crippen LogP contribution in [0.4, 0.5) is 8.78 Å². The molecule has 3 aromatic carbocycles. The molecule has 3 aromatic rings. The number of hydrogen-bond acceptors (Lipinski definition) is 7. The summed E-state index contributed by atoms with van der Waals surface area (Å²) in [5, 5.41) is 10.1. The molecule has 0 radical (unpaired) electrons. The Morgan fingerprint density at radius 3 is 2.57 bits per heavy atom. The van der Waals surface area contributed by atoms with Gasteiger partial charge in [-0.15, -0.1) is 0 Å². The Labute approximate surface area is 316 Å². The van der Waals surface area contributed by atoms with Crippen LogP contribution in [-0.4, -0.2) is 61.5 Å². The first-order valence-electron chi connectivity index (χ1n) is 19.4. The summed E-state index contributed by atoms with van der Waals surface area (Å²) in [6.45, 7) is 4.80. The van der Waals surface area contributed by atoms with Crippen molar-refractivity contribution >= 4 is 11.9 Å². The van der Waals surface area contributed by atoms with Crippen LogP contribution in [0.15, 0.2) is 78.9 Å². The molecule has 2 heterocycles.